The molecule has 1 saturated carbocycles. The molecule has 0 aliphatic heterocycles. The number of ether oxygens (including phenoxy) is 1. The van der Waals surface area contributed by atoms with E-state index in [1.807, 2.05) is 0 Å². The van der Waals surface area contributed by atoms with Crippen LogP contribution in [0.15, 0.2) is 48.5 Å². The number of nitriles is 1. The lowest BCUT2D eigenvalue weighted by molar-refractivity contribution is 0.174. The van der Waals surface area contributed by atoms with Gasteiger partial charge in [-0.1, -0.05) is 102 Å². The highest BCUT2D eigenvalue weighted by Gasteiger charge is 2.36. The van der Waals surface area contributed by atoms with Gasteiger partial charge in [0.1, 0.15) is 5.75 Å². The highest BCUT2D eigenvalue weighted by molar-refractivity contribution is 5.64. The largest absolute Gasteiger partial charge is 0.490 e. The minimum Gasteiger partial charge on any atom is -0.490 e. The Morgan fingerprint density at radius 1 is 0.868 bits per heavy atom. The number of benzene rings is 2. The SMILES string of the molecule is CCCCCCCC1(C#N)CCCC(c2ccc(-c3ccc(OC(CCC)CCCCCO)cc3)cc2)C1. The zero-order valence-corrected chi connectivity index (χ0v) is 24.1. The standard InChI is InChI=1S/C35H51NO2/c1-3-5-6-7-10-24-35(28-36)25-12-14-32(27-35)31-18-16-29(17-19-31)30-20-22-34(23-21-30)38-33(13-4-2)15-9-8-11-26-37/h16-23,32-33,37H,3-15,24-27H2,1-2H3. The highest BCUT2D eigenvalue weighted by atomic mass is 16.5. The average Bonchev–Trinajstić information content (AvgIpc) is 2.96. The van der Waals surface area contributed by atoms with Gasteiger partial charge in [0, 0.05) is 6.61 Å². The topological polar surface area (TPSA) is 53.2 Å². The van der Waals surface area contributed by atoms with Crippen LogP contribution in [-0.2, 0) is 0 Å². The minimum atomic E-state index is -0.127. The zero-order chi connectivity index (χ0) is 27.1. The van der Waals surface area contributed by atoms with Crippen LogP contribution in [0.4, 0.5) is 0 Å². The van der Waals surface area contributed by atoms with Crippen LogP contribution in [0.25, 0.3) is 11.1 Å². The predicted octanol–water partition coefficient (Wildman–Crippen LogP) is 9.98. The van der Waals surface area contributed by atoms with Crippen LogP contribution in [0.5, 0.6) is 5.75 Å². The Bertz CT molecular complexity index is 945. The van der Waals surface area contributed by atoms with Crippen molar-refractivity contribution < 1.29 is 9.84 Å². The quantitative estimate of drug-likeness (QED) is 0.212. The second-order valence-electron chi connectivity index (χ2n) is 11.6. The van der Waals surface area contributed by atoms with Gasteiger partial charge in [-0.2, -0.15) is 5.26 Å². The first kappa shape index (κ1) is 30.2. The van der Waals surface area contributed by atoms with Crippen molar-refractivity contribution in [2.24, 2.45) is 5.41 Å². The second-order valence-corrected chi connectivity index (χ2v) is 11.6. The molecule has 208 valence electrons. The Morgan fingerprint density at radius 3 is 2.21 bits per heavy atom. The normalized spacial score (nSPS) is 20.1. The molecule has 3 rings (SSSR count). The number of hydrogen-bond donors (Lipinski definition) is 1. The molecular formula is C35H51NO2. The van der Waals surface area contributed by atoms with Crippen molar-refractivity contribution in [3.05, 3.63) is 54.1 Å². The van der Waals surface area contributed by atoms with Crippen LogP contribution >= 0.6 is 0 Å². The molecular weight excluding hydrogens is 466 g/mol. The summed E-state index contributed by atoms with van der Waals surface area (Å²) in [5, 5.41) is 19.1. The Balaban J connectivity index is 1.57. The monoisotopic (exact) mass is 517 g/mol. The van der Waals surface area contributed by atoms with Gasteiger partial charge in [-0.15, -0.1) is 0 Å². The molecule has 0 heterocycles. The summed E-state index contributed by atoms with van der Waals surface area (Å²) in [6.07, 6.45) is 18.4. The summed E-state index contributed by atoms with van der Waals surface area (Å²) in [6, 6.07) is 20.4. The molecule has 1 aliphatic carbocycles. The van der Waals surface area contributed by atoms with Gasteiger partial charge in [0.15, 0.2) is 0 Å². The molecule has 0 saturated heterocycles. The summed E-state index contributed by atoms with van der Waals surface area (Å²) in [6.45, 7) is 4.74. The van der Waals surface area contributed by atoms with Crippen molar-refractivity contribution in [1.82, 2.24) is 0 Å². The molecule has 0 amide bonds. The Hall–Kier alpha value is -2.31. The molecule has 0 bridgehead atoms. The molecule has 1 fully saturated rings. The van der Waals surface area contributed by atoms with E-state index in [4.69, 9.17) is 9.84 Å². The maximum Gasteiger partial charge on any atom is 0.119 e. The van der Waals surface area contributed by atoms with Crippen LogP contribution in [0.2, 0.25) is 0 Å². The summed E-state index contributed by atoms with van der Waals surface area (Å²) in [5.74, 6) is 1.44. The van der Waals surface area contributed by atoms with E-state index in [0.29, 0.717) is 5.92 Å². The first-order valence-corrected chi connectivity index (χ1v) is 15.5. The van der Waals surface area contributed by atoms with Gasteiger partial charge >= 0.3 is 0 Å². The molecule has 3 heteroatoms. The minimum absolute atomic E-state index is 0.127. The second kappa shape index (κ2) is 16.6. The smallest absolute Gasteiger partial charge is 0.119 e. The molecule has 3 unspecified atom stereocenters. The molecule has 38 heavy (non-hydrogen) atoms. The van der Waals surface area contributed by atoms with E-state index in [1.54, 1.807) is 0 Å². The lowest BCUT2D eigenvalue weighted by atomic mass is 9.66. The maximum atomic E-state index is 10.1. The summed E-state index contributed by atoms with van der Waals surface area (Å²) >= 11 is 0. The molecule has 1 N–H and O–H groups in total. The summed E-state index contributed by atoms with van der Waals surface area (Å²) in [4.78, 5) is 0. The Morgan fingerprint density at radius 2 is 1.55 bits per heavy atom. The predicted molar refractivity (Wildman–Crippen MR) is 159 cm³/mol. The fraction of sp³-hybridized carbons (Fsp3) is 0.629. The molecule has 0 radical (unpaired) electrons. The molecule has 2 aromatic rings. The summed E-state index contributed by atoms with van der Waals surface area (Å²) in [5.41, 5.74) is 3.70. The van der Waals surface area contributed by atoms with E-state index in [0.717, 1.165) is 70.0 Å². The molecule has 2 aromatic carbocycles. The third-order valence-electron chi connectivity index (χ3n) is 8.51. The van der Waals surface area contributed by atoms with Crippen LogP contribution in [0.3, 0.4) is 0 Å². The van der Waals surface area contributed by atoms with Crippen LogP contribution in [-0.4, -0.2) is 17.8 Å². The number of aliphatic hydroxyl groups is 1. The maximum absolute atomic E-state index is 10.1. The molecule has 3 atom stereocenters. The van der Waals surface area contributed by atoms with Crippen molar-refractivity contribution >= 4 is 0 Å². The fourth-order valence-corrected chi connectivity index (χ4v) is 6.21. The zero-order valence-electron chi connectivity index (χ0n) is 24.1. The first-order valence-electron chi connectivity index (χ1n) is 15.5. The van der Waals surface area contributed by atoms with Crippen molar-refractivity contribution in [1.29, 1.82) is 5.26 Å². The Kier molecular flexibility index (Phi) is 13.2. The van der Waals surface area contributed by atoms with Crippen molar-refractivity contribution in [2.45, 2.75) is 129 Å². The van der Waals surface area contributed by atoms with E-state index in [2.05, 4.69) is 68.4 Å². The number of unbranched alkanes of at least 4 members (excludes halogenated alkanes) is 6. The average molecular weight is 518 g/mol. The van der Waals surface area contributed by atoms with E-state index < -0.39 is 0 Å². The van der Waals surface area contributed by atoms with Gasteiger partial charge in [-0.25, -0.2) is 0 Å². The van der Waals surface area contributed by atoms with Gasteiger partial charge in [-0.05, 0) is 86.1 Å². The number of nitrogens with zero attached hydrogens (tertiary/aromatic N) is 1. The molecule has 0 aromatic heterocycles. The highest BCUT2D eigenvalue weighted by Crippen LogP contribution is 2.47. The van der Waals surface area contributed by atoms with Crippen LogP contribution in [0.1, 0.15) is 128 Å². The van der Waals surface area contributed by atoms with Gasteiger partial charge < -0.3 is 9.84 Å². The van der Waals surface area contributed by atoms with Gasteiger partial charge in [0.25, 0.3) is 0 Å². The lowest BCUT2D eigenvalue weighted by Gasteiger charge is -2.36. The molecule has 1 aliphatic rings. The fourth-order valence-electron chi connectivity index (χ4n) is 6.21. The van der Waals surface area contributed by atoms with Crippen molar-refractivity contribution in [2.75, 3.05) is 6.61 Å². The van der Waals surface area contributed by atoms with Crippen LogP contribution in [0, 0.1) is 16.7 Å². The van der Waals surface area contributed by atoms with Gasteiger partial charge in [0.05, 0.1) is 17.6 Å². The summed E-state index contributed by atoms with van der Waals surface area (Å²) < 4.78 is 6.31. The van der Waals surface area contributed by atoms with E-state index in [9.17, 15) is 5.26 Å². The molecule has 0 spiro atoms. The number of aliphatic hydroxyl groups excluding tert-OH is 1. The first-order chi connectivity index (χ1) is 18.6. The van der Waals surface area contributed by atoms with Crippen molar-refractivity contribution in [3.63, 3.8) is 0 Å². The third kappa shape index (κ3) is 9.46. The van der Waals surface area contributed by atoms with Crippen LogP contribution < -0.4 is 4.74 Å². The molecule has 3 nitrogen and oxygen atoms in total. The van der Waals surface area contributed by atoms with Gasteiger partial charge in [0.2, 0.25) is 0 Å². The Labute approximate surface area is 232 Å². The summed E-state index contributed by atoms with van der Waals surface area (Å²) in [7, 11) is 0. The number of rotatable bonds is 17. The van der Waals surface area contributed by atoms with E-state index >= 15 is 0 Å². The van der Waals surface area contributed by atoms with Crippen molar-refractivity contribution in [3.8, 4) is 22.9 Å². The van der Waals surface area contributed by atoms with E-state index in [-0.39, 0.29) is 18.1 Å². The number of hydrogen-bond acceptors (Lipinski definition) is 3. The lowest BCUT2D eigenvalue weighted by Crippen LogP contribution is -2.26. The third-order valence-corrected chi connectivity index (χ3v) is 8.51. The van der Waals surface area contributed by atoms with E-state index in [1.165, 1.54) is 55.2 Å². The van der Waals surface area contributed by atoms with Gasteiger partial charge in [-0.3, -0.25) is 0 Å².